The van der Waals surface area contributed by atoms with Gasteiger partial charge in [-0.05, 0) is 99.1 Å². The molecule has 0 saturated carbocycles. The minimum absolute atomic E-state index is 0.173. The molecule has 1 aliphatic carbocycles. The van der Waals surface area contributed by atoms with Gasteiger partial charge in [-0.1, -0.05) is 159 Å². The molecule has 0 radical (unpaired) electrons. The van der Waals surface area contributed by atoms with Gasteiger partial charge < -0.3 is 0 Å². The molecule has 0 fully saturated rings. The Bertz CT molecular complexity index is 3160. The maximum Gasteiger partial charge on any atom is 0.164 e. The molecular formula is C55H39N5. The molecule has 0 saturated heterocycles. The first-order valence-electron chi connectivity index (χ1n) is 20.4. The van der Waals surface area contributed by atoms with Crippen LogP contribution in [0.15, 0.2) is 200 Å². The molecule has 5 heteroatoms. The van der Waals surface area contributed by atoms with Crippen molar-refractivity contribution < 1.29 is 0 Å². The lowest BCUT2D eigenvalue weighted by atomic mass is 9.82. The standard InChI is InChI=1S/C55H39N5/c1-55(2)47-26-13-12-25-45(47)46-30-29-39(35-48(46)55)52-57-51(38-21-16-22-40(31-38)54-56-49-27-14-15-28-50(49)60(54)44-23-10-5-11-24-44)58-53(59-52)43-33-41(36-17-6-3-7-18-36)32-42(34-43)37-19-8-4-9-20-37/h3-35H,1-2H3. The molecule has 2 aromatic heterocycles. The largest absolute Gasteiger partial charge is 0.292 e. The second-order valence-electron chi connectivity index (χ2n) is 15.9. The lowest BCUT2D eigenvalue weighted by Crippen LogP contribution is -2.15. The van der Waals surface area contributed by atoms with Crippen molar-refractivity contribution in [1.29, 1.82) is 0 Å². The molecular weight excluding hydrogens is 731 g/mol. The first-order chi connectivity index (χ1) is 29.5. The van der Waals surface area contributed by atoms with Gasteiger partial charge in [-0.25, -0.2) is 19.9 Å². The second kappa shape index (κ2) is 14.3. The summed E-state index contributed by atoms with van der Waals surface area (Å²) in [6.07, 6.45) is 0. The van der Waals surface area contributed by atoms with Gasteiger partial charge in [0.15, 0.2) is 17.5 Å². The molecule has 0 amide bonds. The summed E-state index contributed by atoms with van der Waals surface area (Å²) in [5.41, 5.74) is 16.1. The van der Waals surface area contributed by atoms with Gasteiger partial charge in [0.05, 0.1) is 11.0 Å². The Morgan fingerprint density at radius 3 is 1.55 bits per heavy atom. The highest BCUT2D eigenvalue weighted by Gasteiger charge is 2.35. The molecule has 8 aromatic carbocycles. The maximum absolute atomic E-state index is 5.32. The van der Waals surface area contributed by atoms with Gasteiger partial charge in [0.25, 0.3) is 0 Å². The molecule has 11 rings (SSSR count). The fourth-order valence-corrected chi connectivity index (χ4v) is 8.81. The number of fused-ring (bicyclic) bond motifs is 4. The smallest absolute Gasteiger partial charge is 0.164 e. The third kappa shape index (κ3) is 6.11. The molecule has 284 valence electrons. The fraction of sp³-hybridized carbons (Fsp3) is 0.0545. The van der Waals surface area contributed by atoms with E-state index in [9.17, 15) is 0 Å². The number of hydrogen-bond donors (Lipinski definition) is 0. The van der Waals surface area contributed by atoms with Crippen molar-refractivity contribution in [2.45, 2.75) is 19.3 Å². The van der Waals surface area contributed by atoms with Crippen LogP contribution < -0.4 is 0 Å². The quantitative estimate of drug-likeness (QED) is 0.162. The molecule has 60 heavy (non-hydrogen) atoms. The third-order valence-electron chi connectivity index (χ3n) is 11.8. The van der Waals surface area contributed by atoms with E-state index in [4.69, 9.17) is 19.9 Å². The average molecular weight is 770 g/mol. The molecule has 10 aromatic rings. The summed E-state index contributed by atoms with van der Waals surface area (Å²) < 4.78 is 2.23. The highest BCUT2D eigenvalue weighted by molar-refractivity contribution is 5.86. The summed E-state index contributed by atoms with van der Waals surface area (Å²) in [5.74, 6) is 2.67. The lowest BCUT2D eigenvalue weighted by Gasteiger charge is -2.21. The van der Waals surface area contributed by atoms with E-state index in [1.807, 2.05) is 12.1 Å². The summed E-state index contributed by atoms with van der Waals surface area (Å²) in [6.45, 7) is 4.61. The SMILES string of the molecule is CC1(C)c2ccccc2-c2ccc(-c3nc(-c4cc(-c5ccccc5)cc(-c5ccccc5)c4)nc(-c4cccc(-c5nc6ccccc6n5-c5ccccc5)c4)n3)cc21. The van der Waals surface area contributed by atoms with Crippen LogP contribution in [0.1, 0.15) is 25.0 Å². The van der Waals surface area contributed by atoms with Crippen molar-refractivity contribution in [1.82, 2.24) is 24.5 Å². The van der Waals surface area contributed by atoms with E-state index >= 15 is 0 Å². The van der Waals surface area contributed by atoms with E-state index in [1.54, 1.807) is 0 Å². The number of rotatable bonds is 7. The topological polar surface area (TPSA) is 56.5 Å². The van der Waals surface area contributed by atoms with Gasteiger partial charge in [-0.15, -0.1) is 0 Å². The van der Waals surface area contributed by atoms with E-state index in [-0.39, 0.29) is 5.41 Å². The molecule has 0 unspecified atom stereocenters. The number of nitrogens with zero attached hydrogens (tertiary/aromatic N) is 5. The monoisotopic (exact) mass is 769 g/mol. The normalized spacial score (nSPS) is 12.6. The van der Waals surface area contributed by atoms with E-state index in [0.717, 1.165) is 67.1 Å². The molecule has 0 bridgehead atoms. The summed E-state index contributed by atoms with van der Waals surface area (Å²) in [4.78, 5) is 21.1. The van der Waals surface area contributed by atoms with Crippen molar-refractivity contribution in [3.05, 3.63) is 211 Å². The highest BCUT2D eigenvalue weighted by atomic mass is 15.1. The van der Waals surface area contributed by atoms with Crippen LogP contribution in [0.5, 0.6) is 0 Å². The van der Waals surface area contributed by atoms with Crippen molar-refractivity contribution in [2.24, 2.45) is 0 Å². The van der Waals surface area contributed by atoms with E-state index in [0.29, 0.717) is 17.5 Å². The number of benzene rings is 8. The van der Waals surface area contributed by atoms with Crippen LogP contribution in [-0.4, -0.2) is 24.5 Å². The first-order valence-corrected chi connectivity index (χ1v) is 20.4. The predicted molar refractivity (Wildman–Crippen MR) is 245 cm³/mol. The zero-order valence-corrected chi connectivity index (χ0v) is 33.3. The summed E-state index contributed by atoms with van der Waals surface area (Å²) in [6, 6.07) is 70.2. The Morgan fingerprint density at radius 2 is 0.850 bits per heavy atom. The van der Waals surface area contributed by atoms with Gasteiger partial charge in [0.1, 0.15) is 5.82 Å². The Labute approximate surface area is 349 Å². The molecule has 0 spiro atoms. The molecule has 2 heterocycles. The molecule has 5 nitrogen and oxygen atoms in total. The average Bonchev–Trinajstić information content (AvgIpc) is 3.82. The van der Waals surface area contributed by atoms with Crippen molar-refractivity contribution in [2.75, 3.05) is 0 Å². The van der Waals surface area contributed by atoms with Crippen LogP contribution in [0.4, 0.5) is 0 Å². The number of imidazole rings is 1. The number of aromatic nitrogens is 5. The maximum atomic E-state index is 5.32. The first kappa shape index (κ1) is 35.4. The fourth-order valence-electron chi connectivity index (χ4n) is 8.81. The van der Waals surface area contributed by atoms with Gasteiger partial charge in [-0.2, -0.15) is 0 Å². The van der Waals surface area contributed by atoms with Crippen molar-refractivity contribution in [3.8, 4) is 84.6 Å². The zero-order chi connectivity index (χ0) is 40.2. The molecule has 0 N–H and O–H groups in total. The highest BCUT2D eigenvalue weighted by Crippen LogP contribution is 2.49. The second-order valence-corrected chi connectivity index (χ2v) is 15.9. The van der Waals surface area contributed by atoms with Crippen molar-refractivity contribution >= 4 is 11.0 Å². The summed E-state index contributed by atoms with van der Waals surface area (Å²) >= 11 is 0. The number of hydrogen-bond acceptors (Lipinski definition) is 4. The Kier molecular flexibility index (Phi) is 8.41. The Hall–Kier alpha value is -7.76. The van der Waals surface area contributed by atoms with E-state index in [1.165, 1.54) is 22.3 Å². The van der Waals surface area contributed by atoms with E-state index in [2.05, 4.69) is 206 Å². The Morgan fingerprint density at radius 1 is 0.350 bits per heavy atom. The van der Waals surface area contributed by atoms with Crippen LogP contribution in [0.2, 0.25) is 0 Å². The van der Waals surface area contributed by atoms with Crippen molar-refractivity contribution in [3.63, 3.8) is 0 Å². The Balaban J connectivity index is 1.12. The van der Waals surface area contributed by atoms with Crippen LogP contribution in [0.25, 0.3) is 95.7 Å². The van der Waals surface area contributed by atoms with Crippen LogP contribution in [-0.2, 0) is 5.41 Å². The summed E-state index contributed by atoms with van der Waals surface area (Å²) in [5, 5.41) is 0. The van der Waals surface area contributed by atoms with Gasteiger partial charge >= 0.3 is 0 Å². The third-order valence-corrected chi connectivity index (χ3v) is 11.8. The molecule has 0 aliphatic heterocycles. The summed E-state index contributed by atoms with van der Waals surface area (Å²) in [7, 11) is 0. The molecule has 1 aliphatic rings. The predicted octanol–water partition coefficient (Wildman–Crippen LogP) is 13.5. The number of para-hydroxylation sites is 3. The van der Waals surface area contributed by atoms with Crippen LogP contribution in [0, 0.1) is 0 Å². The van der Waals surface area contributed by atoms with Gasteiger partial charge in [0, 0.05) is 33.4 Å². The minimum atomic E-state index is -0.173. The molecule has 0 atom stereocenters. The van der Waals surface area contributed by atoms with Gasteiger partial charge in [-0.3, -0.25) is 4.57 Å². The van der Waals surface area contributed by atoms with Crippen LogP contribution in [0.3, 0.4) is 0 Å². The minimum Gasteiger partial charge on any atom is -0.292 e. The van der Waals surface area contributed by atoms with E-state index < -0.39 is 0 Å². The lowest BCUT2D eigenvalue weighted by molar-refractivity contribution is 0.660. The zero-order valence-electron chi connectivity index (χ0n) is 33.3. The van der Waals surface area contributed by atoms with Crippen LogP contribution >= 0.6 is 0 Å². The van der Waals surface area contributed by atoms with Gasteiger partial charge in [0.2, 0.25) is 0 Å².